The van der Waals surface area contributed by atoms with Crippen LogP contribution in [0.25, 0.3) is 0 Å². The van der Waals surface area contributed by atoms with Crippen LogP contribution in [0.5, 0.6) is 0 Å². The van der Waals surface area contributed by atoms with E-state index in [1.165, 1.54) is 6.08 Å². The molecule has 0 heterocycles. The normalized spacial score (nSPS) is 10.0. The topological polar surface area (TPSA) is 95.5 Å². The Morgan fingerprint density at radius 3 is 2.55 bits per heavy atom. The molecule has 1 rings (SSSR count). The molecule has 0 fully saturated rings. The summed E-state index contributed by atoms with van der Waals surface area (Å²) in [6.07, 6.45) is 3.13. The summed E-state index contributed by atoms with van der Waals surface area (Å²) in [6.45, 7) is 3.79. The number of hydrogen-bond donors (Lipinski definition) is 3. The van der Waals surface area contributed by atoms with Crippen molar-refractivity contribution in [3.05, 3.63) is 54.6 Å². The maximum atomic E-state index is 11.8. The maximum Gasteiger partial charge on any atom is 0.328 e. The number of hydrogen-bond acceptors (Lipinski definition) is 3. The summed E-state index contributed by atoms with van der Waals surface area (Å²) in [5.74, 6) is -2.21. The standard InChI is InChI=1S/C14H14N2O4/c1-2-9-15-14(20)10-5-3-4-6-11(10)16-12(17)7-8-13(18)19/h2-8H,1,9H2,(H,15,20)(H,16,17)(H,18,19). The lowest BCUT2D eigenvalue weighted by atomic mass is 10.1. The van der Waals surface area contributed by atoms with E-state index in [1.807, 2.05) is 0 Å². The first-order valence-electron chi connectivity index (χ1n) is 5.74. The second kappa shape index (κ2) is 7.52. The summed E-state index contributed by atoms with van der Waals surface area (Å²) in [4.78, 5) is 33.7. The van der Waals surface area contributed by atoms with Crippen molar-refractivity contribution in [1.29, 1.82) is 0 Å². The molecule has 0 unspecified atom stereocenters. The third-order valence-electron chi connectivity index (χ3n) is 2.21. The molecule has 3 N–H and O–H groups in total. The molecule has 2 amide bonds. The minimum absolute atomic E-state index is 0.284. The Labute approximate surface area is 115 Å². The van der Waals surface area contributed by atoms with Gasteiger partial charge in [0.2, 0.25) is 5.91 Å². The van der Waals surface area contributed by atoms with Crippen LogP contribution < -0.4 is 10.6 Å². The third kappa shape index (κ3) is 4.77. The summed E-state index contributed by atoms with van der Waals surface area (Å²) >= 11 is 0. The number of anilines is 1. The molecule has 6 heteroatoms. The van der Waals surface area contributed by atoms with Crippen LogP contribution in [0.4, 0.5) is 5.69 Å². The molecule has 0 atom stereocenters. The summed E-state index contributed by atoms with van der Waals surface area (Å²) < 4.78 is 0. The minimum Gasteiger partial charge on any atom is -0.478 e. The van der Waals surface area contributed by atoms with Crippen molar-refractivity contribution in [2.45, 2.75) is 0 Å². The van der Waals surface area contributed by atoms with Crippen LogP contribution in [0.1, 0.15) is 10.4 Å². The van der Waals surface area contributed by atoms with Crippen molar-refractivity contribution in [2.75, 3.05) is 11.9 Å². The molecule has 6 nitrogen and oxygen atoms in total. The Hall–Kier alpha value is -2.89. The Morgan fingerprint density at radius 2 is 1.90 bits per heavy atom. The zero-order valence-corrected chi connectivity index (χ0v) is 10.6. The molecule has 0 saturated carbocycles. The van der Waals surface area contributed by atoms with Crippen LogP contribution in [-0.2, 0) is 9.59 Å². The minimum atomic E-state index is -1.22. The second-order valence-electron chi connectivity index (χ2n) is 3.71. The lowest BCUT2D eigenvalue weighted by molar-refractivity contribution is -0.131. The van der Waals surface area contributed by atoms with Crippen LogP contribution in [0.3, 0.4) is 0 Å². The largest absolute Gasteiger partial charge is 0.478 e. The lowest BCUT2D eigenvalue weighted by Crippen LogP contribution is -2.25. The zero-order chi connectivity index (χ0) is 15.0. The number of aliphatic carboxylic acids is 1. The predicted molar refractivity (Wildman–Crippen MR) is 74.4 cm³/mol. The van der Waals surface area contributed by atoms with Gasteiger partial charge in [0.15, 0.2) is 0 Å². The van der Waals surface area contributed by atoms with Crippen molar-refractivity contribution in [3.8, 4) is 0 Å². The number of amides is 2. The predicted octanol–water partition coefficient (Wildman–Crippen LogP) is 1.18. The molecule has 0 aromatic heterocycles. The van der Waals surface area contributed by atoms with Gasteiger partial charge in [0.1, 0.15) is 0 Å². The molecule has 0 aliphatic rings. The smallest absolute Gasteiger partial charge is 0.328 e. The molecular weight excluding hydrogens is 260 g/mol. The first kappa shape index (κ1) is 15.2. The van der Waals surface area contributed by atoms with Gasteiger partial charge in [-0.1, -0.05) is 18.2 Å². The van der Waals surface area contributed by atoms with Crippen LogP contribution in [-0.4, -0.2) is 29.4 Å². The first-order chi connectivity index (χ1) is 9.54. The quantitative estimate of drug-likeness (QED) is 0.536. The van der Waals surface area contributed by atoms with Gasteiger partial charge < -0.3 is 15.7 Å². The zero-order valence-electron chi connectivity index (χ0n) is 10.6. The third-order valence-corrected chi connectivity index (χ3v) is 2.21. The number of rotatable bonds is 6. The number of para-hydroxylation sites is 1. The van der Waals surface area contributed by atoms with Gasteiger partial charge in [0, 0.05) is 18.7 Å². The van der Waals surface area contributed by atoms with Crippen LogP contribution in [0.15, 0.2) is 49.1 Å². The van der Waals surface area contributed by atoms with Gasteiger partial charge in [-0.3, -0.25) is 9.59 Å². The Kier molecular flexibility index (Phi) is 5.71. The maximum absolute atomic E-state index is 11.8. The SMILES string of the molecule is C=CCNC(=O)c1ccccc1NC(=O)C=CC(=O)O. The van der Waals surface area contributed by atoms with Crippen molar-refractivity contribution < 1.29 is 19.5 Å². The van der Waals surface area contributed by atoms with E-state index in [0.717, 1.165) is 12.2 Å². The van der Waals surface area contributed by atoms with E-state index in [9.17, 15) is 14.4 Å². The highest BCUT2D eigenvalue weighted by Crippen LogP contribution is 2.14. The fraction of sp³-hybridized carbons (Fsp3) is 0.0714. The van der Waals surface area contributed by atoms with E-state index >= 15 is 0 Å². The molecule has 0 radical (unpaired) electrons. The van der Waals surface area contributed by atoms with Crippen LogP contribution in [0.2, 0.25) is 0 Å². The molecule has 0 bridgehead atoms. The van der Waals surface area contributed by atoms with E-state index in [0.29, 0.717) is 12.2 Å². The van der Waals surface area contributed by atoms with Gasteiger partial charge in [-0.25, -0.2) is 4.79 Å². The fourth-order valence-corrected chi connectivity index (χ4v) is 1.37. The fourth-order valence-electron chi connectivity index (χ4n) is 1.37. The Balaban J connectivity index is 2.85. The molecule has 1 aromatic rings. The highest BCUT2D eigenvalue weighted by molar-refractivity contribution is 6.07. The van der Waals surface area contributed by atoms with E-state index in [2.05, 4.69) is 17.2 Å². The van der Waals surface area contributed by atoms with Crippen molar-refractivity contribution in [1.82, 2.24) is 5.32 Å². The van der Waals surface area contributed by atoms with E-state index in [4.69, 9.17) is 5.11 Å². The Bertz CT molecular complexity index is 564. The van der Waals surface area contributed by atoms with Crippen molar-refractivity contribution >= 4 is 23.5 Å². The summed E-state index contributed by atoms with van der Waals surface area (Å²) in [7, 11) is 0. The molecule has 0 aliphatic heterocycles. The number of carbonyl (C=O) groups is 3. The van der Waals surface area contributed by atoms with E-state index < -0.39 is 11.9 Å². The Morgan fingerprint density at radius 1 is 1.20 bits per heavy atom. The number of carboxylic acid groups (broad SMARTS) is 1. The average molecular weight is 274 g/mol. The monoisotopic (exact) mass is 274 g/mol. The van der Waals surface area contributed by atoms with Crippen LogP contribution in [0, 0.1) is 0 Å². The van der Waals surface area contributed by atoms with Gasteiger partial charge >= 0.3 is 5.97 Å². The molecule has 0 saturated heterocycles. The van der Waals surface area contributed by atoms with Gasteiger partial charge in [0.25, 0.3) is 5.91 Å². The molecule has 104 valence electrons. The average Bonchev–Trinajstić information content (AvgIpc) is 2.43. The number of benzene rings is 1. The van der Waals surface area contributed by atoms with Gasteiger partial charge in [-0.05, 0) is 12.1 Å². The summed E-state index contributed by atoms with van der Waals surface area (Å²) in [6, 6.07) is 6.41. The van der Waals surface area contributed by atoms with Crippen molar-refractivity contribution in [2.24, 2.45) is 0 Å². The summed E-state index contributed by atoms with van der Waals surface area (Å²) in [5, 5.41) is 13.5. The molecule has 20 heavy (non-hydrogen) atoms. The number of carboxylic acids is 1. The van der Waals surface area contributed by atoms with Gasteiger partial charge in [0.05, 0.1) is 11.3 Å². The first-order valence-corrected chi connectivity index (χ1v) is 5.74. The summed E-state index contributed by atoms with van der Waals surface area (Å²) in [5.41, 5.74) is 0.584. The number of nitrogens with one attached hydrogen (secondary N) is 2. The highest BCUT2D eigenvalue weighted by Gasteiger charge is 2.11. The van der Waals surface area contributed by atoms with Gasteiger partial charge in [-0.2, -0.15) is 0 Å². The van der Waals surface area contributed by atoms with E-state index in [1.54, 1.807) is 24.3 Å². The van der Waals surface area contributed by atoms with E-state index in [-0.39, 0.29) is 11.5 Å². The lowest BCUT2D eigenvalue weighted by Gasteiger charge is -2.09. The second-order valence-corrected chi connectivity index (χ2v) is 3.71. The number of carbonyl (C=O) groups excluding carboxylic acids is 2. The molecule has 0 spiro atoms. The van der Waals surface area contributed by atoms with Gasteiger partial charge in [-0.15, -0.1) is 6.58 Å². The molecular formula is C14H14N2O4. The highest BCUT2D eigenvalue weighted by atomic mass is 16.4. The molecule has 1 aromatic carbocycles. The van der Waals surface area contributed by atoms with Crippen molar-refractivity contribution in [3.63, 3.8) is 0 Å². The molecule has 0 aliphatic carbocycles. The van der Waals surface area contributed by atoms with Crippen LogP contribution >= 0.6 is 0 Å².